The lowest BCUT2D eigenvalue weighted by Crippen LogP contribution is -2.13. The summed E-state index contributed by atoms with van der Waals surface area (Å²) in [5, 5.41) is 6.65. The first-order valence-electron chi connectivity index (χ1n) is 21.3. The topological polar surface area (TPSA) is 17.0 Å². The fourth-order valence-electron chi connectivity index (χ4n) is 8.07. The van der Waals surface area contributed by atoms with Crippen LogP contribution >= 0.6 is 0 Å². The van der Waals surface area contributed by atoms with Crippen LogP contribution in [0.15, 0.2) is 121 Å². The van der Waals surface area contributed by atoms with Crippen LogP contribution in [0.5, 0.6) is 0 Å². The molecule has 0 saturated heterocycles. The van der Waals surface area contributed by atoms with Crippen molar-refractivity contribution in [2.75, 3.05) is 5.32 Å². The molecule has 7 aromatic rings. The van der Waals surface area contributed by atoms with Crippen molar-refractivity contribution in [1.82, 2.24) is 4.57 Å². The number of aromatic nitrogens is 1. The molecule has 7 rings (SSSR count). The Labute approximate surface area is 349 Å². The zero-order valence-electron chi connectivity index (χ0n) is 38.0. The van der Waals surface area contributed by atoms with Gasteiger partial charge in [-0.05, 0) is 121 Å². The molecular weight excluding hydrogens is 701 g/mol. The van der Waals surface area contributed by atoms with E-state index in [-0.39, 0.29) is 27.1 Å². The van der Waals surface area contributed by atoms with Gasteiger partial charge in [-0.3, -0.25) is 0 Å². The predicted molar refractivity (Wildman–Crippen MR) is 255 cm³/mol. The molecule has 1 N–H and O–H groups in total. The van der Waals surface area contributed by atoms with Crippen molar-refractivity contribution in [2.45, 2.75) is 131 Å². The molecule has 0 spiro atoms. The third-order valence-electron chi connectivity index (χ3n) is 12.0. The quantitative estimate of drug-likeness (QED) is 0.185. The van der Waals surface area contributed by atoms with Gasteiger partial charge in [-0.2, -0.15) is 0 Å². The summed E-state index contributed by atoms with van der Waals surface area (Å²) < 4.78 is 2.45. The highest BCUT2D eigenvalue weighted by molar-refractivity contribution is 6.10. The fraction of sp³-hybridized carbons (Fsp3) is 0.357. The summed E-state index contributed by atoms with van der Waals surface area (Å²) in [6.45, 7) is 34.5. The van der Waals surface area contributed by atoms with E-state index in [1.807, 2.05) is 0 Å². The van der Waals surface area contributed by atoms with E-state index in [4.69, 9.17) is 0 Å². The molecule has 0 unspecified atom stereocenters. The van der Waals surface area contributed by atoms with E-state index < -0.39 is 0 Å². The molecule has 0 atom stereocenters. The molecule has 6 aromatic carbocycles. The van der Waals surface area contributed by atoms with Crippen molar-refractivity contribution in [3.05, 3.63) is 149 Å². The molecule has 2 heteroatoms. The first kappa shape index (κ1) is 41.1. The Morgan fingerprint density at radius 3 is 1.12 bits per heavy atom. The van der Waals surface area contributed by atoms with Gasteiger partial charge in [-0.1, -0.05) is 171 Å². The summed E-state index contributed by atoms with van der Waals surface area (Å²) >= 11 is 0. The van der Waals surface area contributed by atoms with Gasteiger partial charge in [0.2, 0.25) is 0 Å². The zero-order chi connectivity index (χ0) is 42.2. The minimum atomic E-state index is -0.0467. The molecular formula is C56H66N2. The Balaban J connectivity index is 1.45. The number of benzene rings is 6. The standard InChI is InChI=1S/C56H66N2/c1-52(2,3)38-23-19-36(20-24-38)45-33-42(56(13,14)15)34-46(37-21-25-39(26-22-37)53(4,5)6)51(45)57-43-17-16-18-44(35-43)58-49-29-27-40(54(7,8)9)31-47(49)48-32-41(55(10,11)12)28-30-50(48)58/h16-35,57H,1-15H3. The van der Waals surface area contributed by atoms with Crippen LogP contribution in [-0.4, -0.2) is 4.57 Å². The third kappa shape index (κ3) is 8.13. The second-order valence-corrected chi connectivity index (χ2v) is 21.8. The summed E-state index contributed by atoms with van der Waals surface area (Å²) in [6.07, 6.45) is 0. The largest absolute Gasteiger partial charge is 0.354 e. The lowest BCUT2D eigenvalue weighted by atomic mass is 9.81. The lowest BCUT2D eigenvalue weighted by molar-refractivity contribution is 0.590. The Bertz CT molecular complexity index is 2460. The van der Waals surface area contributed by atoms with E-state index in [0.717, 1.165) is 17.1 Å². The van der Waals surface area contributed by atoms with E-state index in [1.165, 1.54) is 71.9 Å². The molecule has 58 heavy (non-hydrogen) atoms. The van der Waals surface area contributed by atoms with Crippen LogP contribution in [-0.2, 0) is 27.1 Å². The van der Waals surface area contributed by atoms with E-state index in [9.17, 15) is 0 Å². The highest BCUT2D eigenvalue weighted by Crippen LogP contribution is 2.44. The Morgan fingerprint density at radius 1 is 0.362 bits per heavy atom. The van der Waals surface area contributed by atoms with Gasteiger partial charge in [0.15, 0.2) is 0 Å². The number of anilines is 2. The molecule has 0 aliphatic rings. The fourth-order valence-corrected chi connectivity index (χ4v) is 8.07. The molecule has 0 amide bonds. The number of fused-ring (bicyclic) bond motifs is 3. The second kappa shape index (κ2) is 14.3. The van der Waals surface area contributed by atoms with E-state index in [2.05, 4.69) is 235 Å². The van der Waals surface area contributed by atoms with Crippen LogP contribution in [0.4, 0.5) is 11.4 Å². The lowest BCUT2D eigenvalue weighted by Gasteiger charge is -2.26. The van der Waals surface area contributed by atoms with Gasteiger partial charge in [-0.15, -0.1) is 0 Å². The maximum atomic E-state index is 4.05. The minimum Gasteiger partial charge on any atom is -0.354 e. The zero-order valence-corrected chi connectivity index (χ0v) is 38.0. The van der Waals surface area contributed by atoms with E-state index >= 15 is 0 Å². The number of hydrogen-bond donors (Lipinski definition) is 1. The molecule has 0 aliphatic carbocycles. The minimum absolute atomic E-state index is 0.0467. The highest BCUT2D eigenvalue weighted by Gasteiger charge is 2.24. The number of hydrogen-bond acceptors (Lipinski definition) is 1. The Hall–Kier alpha value is -5.08. The molecule has 0 bridgehead atoms. The van der Waals surface area contributed by atoms with Gasteiger partial charge in [0.1, 0.15) is 0 Å². The summed E-state index contributed by atoms with van der Waals surface area (Å²) in [6, 6.07) is 46.4. The van der Waals surface area contributed by atoms with Crippen molar-refractivity contribution in [2.24, 2.45) is 0 Å². The molecule has 1 heterocycles. The summed E-state index contributed by atoms with van der Waals surface area (Å²) in [4.78, 5) is 0. The molecule has 2 nitrogen and oxygen atoms in total. The van der Waals surface area contributed by atoms with Gasteiger partial charge >= 0.3 is 0 Å². The van der Waals surface area contributed by atoms with Crippen LogP contribution in [0.25, 0.3) is 49.7 Å². The van der Waals surface area contributed by atoms with Gasteiger partial charge in [0.25, 0.3) is 0 Å². The summed E-state index contributed by atoms with van der Waals surface area (Å²) in [7, 11) is 0. The van der Waals surface area contributed by atoms with Crippen LogP contribution in [0.3, 0.4) is 0 Å². The SMILES string of the molecule is CC(C)(C)c1ccc(-c2cc(C(C)(C)C)cc(-c3ccc(C(C)(C)C)cc3)c2Nc2cccc(-n3c4ccc(C(C)(C)C)cc4c4cc(C(C)(C)C)ccc43)c2)cc1. The average Bonchev–Trinajstić information content (AvgIpc) is 3.46. The number of nitrogens with zero attached hydrogens (tertiary/aromatic N) is 1. The van der Waals surface area contributed by atoms with Crippen molar-refractivity contribution in [1.29, 1.82) is 0 Å². The first-order valence-corrected chi connectivity index (χ1v) is 21.3. The van der Waals surface area contributed by atoms with E-state index in [1.54, 1.807) is 0 Å². The average molecular weight is 767 g/mol. The van der Waals surface area contributed by atoms with Crippen LogP contribution in [0.1, 0.15) is 132 Å². The predicted octanol–water partition coefficient (Wildman–Crippen LogP) is 16.3. The van der Waals surface area contributed by atoms with Gasteiger partial charge in [0, 0.05) is 33.3 Å². The Kier molecular flexibility index (Phi) is 10.2. The number of nitrogens with one attached hydrogen (secondary N) is 1. The normalized spacial score (nSPS) is 13.1. The van der Waals surface area contributed by atoms with Crippen molar-refractivity contribution in [3.8, 4) is 27.9 Å². The molecule has 1 aromatic heterocycles. The highest BCUT2D eigenvalue weighted by atomic mass is 15.0. The van der Waals surface area contributed by atoms with E-state index in [0.29, 0.717) is 0 Å². The summed E-state index contributed by atoms with van der Waals surface area (Å²) in [5.74, 6) is 0. The van der Waals surface area contributed by atoms with Crippen LogP contribution < -0.4 is 5.32 Å². The van der Waals surface area contributed by atoms with Crippen molar-refractivity contribution in [3.63, 3.8) is 0 Å². The first-order chi connectivity index (χ1) is 26.9. The van der Waals surface area contributed by atoms with Gasteiger partial charge < -0.3 is 9.88 Å². The molecule has 0 radical (unpaired) electrons. The van der Waals surface area contributed by atoms with Crippen LogP contribution in [0, 0.1) is 0 Å². The van der Waals surface area contributed by atoms with Crippen LogP contribution in [0.2, 0.25) is 0 Å². The maximum Gasteiger partial charge on any atom is 0.0543 e. The maximum absolute atomic E-state index is 4.05. The molecule has 0 saturated carbocycles. The third-order valence-corrected chi connectivity index (χ3v) is 12.0. The number of rotatable bonds is 5. The van der Waals surface area contributed by atoms with Crippen molar-refractivity contribution >= 4 is 33.2 Å². The Morgan fingerprint density at radius 2 is 0.741 bits per heavy atom. The summed E-state index contributed by atoms with van der Waals surface area (Å²) in [5.41, 5.74) is 17.4. The van der Waals surface area contributed by atoms with Gasteiger partial charge in [-0.25, -0.2) is 0 Å². The smallest absolute Gasteiger partial charge is 0.0543 e. The monoisotopic (exact) mass is 767 g/mol. The second-order valence-electron chi connectivity index (χ2n) is 21.8. The van der Waals surface area contributed by atoms with Crippen molar-refractivity contribution < 1.29 is 0 Å². The molecule has 300 valence electrons. The molecule has 0 fully saturated rings. The van der Waals surface area contributed by atoms with Gasteiger partial charge in [0.05, 0.1) is 16.7 Å². The molecule has 0 aliphatic heterocycles.